The van der Waals surface area contributed by atoms with Crippen LogP contribution < -0.4 is 0 Å². The fourth-order valence-electron chi connectivity index (χ4n) is 2.41. The monoisotopic (exact) mass is 350 g/mol. The highest BCUT2D eigenvalue weighted by Crippen LogP contribution is 2.30. The predicted molar refractivity (Wildman–Crippen MR) is 85.2 cm³/mol. The standard InChI is InChI=1S/C16H25F3O3Si/c1-4-20-23(21-5-2,22-6-3)12-8-10-14-9-7-11-15(13-14)16(17,18)19/h7,9,11,13H,4-6,8,10,12H2,1-3H3. The van der Waals surface area contributed by atoms with Crippen LogP contribution in [0.3, 0.4) is 0 Å². The summed E-state index contributed by atoms with van der Waals surface area (Å²) in [5.41, 5.74) is 0.0464. The fraction of sp³-hybridized carbons (Fsp3) is 0.625. The molecule has 0 aromatic heterocycles. The lowest BCUT2D eigenvalue weighted by molar-refractivity contribution is -0.137. The van der Waals surface area contributed by atoms with E-state index in [0.717, 1.165) is 6.07 Å². The number of aryl methyl sites for hydroxylation is 1. The van der Waals surface area contributed by atoms with Gasteiger partial charge in [-0.15, -0.1) is 0 Å². The lowest BCUT2D eigenvalue weighted by Crippen LogP contribution is -2.46. The molecule has 0 spiro atoms. The average molecular weight is 350 g/mol. The van der Waals surface area contributed by atoms with Crippen LogP contribution in [0.1, 0.15) is 38.3 Å². The number of hydrogen-bond acceptors (Lipinski definition) is 3. The molecule has 0 unspecified atom stereocenters. The van der Waals surface area contributed by atoms with E-state index in [1.54, 1.807) is 6.07 Å². The van der Waals surface area contributed by atoms with Gasteiger partial charge in [0.25, 0.3) is 0 Å². The molecule has 0 saturated carbocycles. The minimum atomic E-state index is -4.31. The third kappa shape index (κ3) is 6.62. The van der Waals surface area contributed by atoms with Crippen LogP contribution in [0.25, 0.3) is 0 Å². The summed E-state index contributed by atoms with van der Waals surface area (Å²) in [4.78, 5) is 0. The van der Waals surface area contributed by atoms with E-state index < -0.39 is 20.5 Å². The maximum atomic E-state index is 12.7. The van der Waals surface area contributed by atoms with Gasteiger partial charge >= 0.3 is 15.0 Å². The van der Waals surface area contributed by atoms with Crippen LogP contribution in [0.5, 0.6) is 0 Å². The van der Waals surface area contributed by atoms with Crippen molar-refractivity contribution in [1.29, 1.82) is 0 Å². The lowest BCUT2D eigenvalue weighted by atomic mass is 10.1. The van der Waals surface area contributed by atoms with Gasteiger partial charge < -0.3 is 13.3 Å². The first-order valence-electron chi connectivity index (χ1n) is 7.95. The molecule has 7 heteroatoms. The zero-order valence-electron chi connectivity index (χ0n) is 13.9. The number of rotatable bonds is 10. The molecule has 0 amide bonds. The van der Waals surface area contributed by atoms with E-state index in [1.165, 1.54) is 12.1 Å². The second kappa shape index (κ2) is 9.41. The zero-order valence-corrected chi connectivity index (χ0v) is 14.9. The second-order valence-corrected chi connectivity index (χ2v) is 7.77. The molecule has 0 aliphatic heterocycles. The Kier molecular flexibility index (Phi) is 8.25. The van der Waals surface area contributed by atoms with Gasteiger partial charge in [0, 0.05) is 25.9 Å². The smallest absolute Gasteiger partial charge is 0.374 e. The van der Waals surface area contributed by atoms with Crippen LogP contribution in [0.4, 0.5) is 13.2 Å². The Labute approximate surface area is 137 Å². The lowest BCUT2D eigenvalue weighted by Gasteiger charge is -2.28. The van der Waals surface area contributed by atoms with Crippen molar-refractivity contribution in [3.63, 3.8) is 0 Å². The maximum Gasteiger partial charge on any atom is 0.500 e. The summed E-state index contributed by atoms with van der Waals surface area (Å²) in [7, 11) is -2.72. The van der Waals surface area contributed by atoms with Crippen LogP contribution in [-0.4, -0.2) is 28.6 Å². The Morgan fingerprint density at radius 2 is 1.52 bits per heavy atom. The summed E-state index contributed by atoms with van der Waals surface area (Å²) in [5.74, 6) is 0. The number of halogens is 3. The normalized spacial score (nSPS) is 12.6. The molecule has 0 aliphatic carbocycles. The molecule has 1 rings (SSSR count). The van der Waals surface area contributed by atoms with Gasteiger partial charge in [-0.2, -0.15) is 13.2 Å². The summed E-state index contributed by atoms with van der Waals surface area (Å²) in [6.07, 6.45) is -3.12. The molecule has 0 atom stereocenters. The molecule has 1 aromatic carbocycles. The van der Waals surface area contributed by atoms with E-state index in [0.29, 0.717) is 44.3 Å². The van der Waals surface area contributed by atoms with E-state index in [-0.39, 0.29) is 0 Å². The number of benzene rings is 1. The van der Waals surface area contributed by atoms with Crippen molar-refractivity contribution in [2.75, 3.05) is 19.8 Å². The Morgan fingerprint density at radius 3 is 2.00 bits per heavy atom. The van der Waals surface area contributed by atoms with Gasteiger partial charge in [-0.25, -0.2) is 0 Å². The fourth-order valence-corrected chi connectivity index (χ4v) is 5.03. The van der Waals surface area contributed by atoms with E-state index in [1.807, 2.05) is 20.8 Å². The topological polar surface area (TPSA) is 27.7 Å². The zero-order chi connectivity index (χ0) is 17.3. The molecule has 0 heterocycles. The largest absolute Gasteiger partial charge is 0.500 e. The summed E-state index contributed by atoms with van der Waals surface area (Å²) < 4.78 is 55.4. The molecule has 132 valence electrons. The first kappa shape index (κ1) is 20.2. The van der Waals surface area contributed by atoms with Crippen LogP contribution in [0, 0.1) is 0 Å². The third-order valence-corrected chi connectivity index (χ3v) is 6.45. The number of hydrogen-bond donors (Lipinski definition) is 0. The van der Waals surface area contributed by atoms with Crippen molar-refractivity contribution in [3.05, 3.63) is 35.4 Å². The molecule has 3 nitrogen and oxygen atoms in total. The van der Waals surface area contributed by atoms with Gasteiger partial charge in [-0.05, 0) is 45.2 Å². The highest BCUT2D eigenvalue weighted by Gasteiger charge is 2.39. The van der Waals surface area contributed by atoms with Crippen LogP contribution in [0.2, 0.25) is 6.04 Å². The molecule has 23 heavy (non-hydrogen) atoms. The third-order valence-electron chi connectivity index (χ3n) is 3.30. The van der Waals surface area contributed by atoms with E-state index in [9.17, 15) is 13.2 Å². The summed E-state index contributed by atoms with van der Waals surface area (Å²) >= 11 is 0. The van der Waals surface area contributed by atoms with Crippen molar-refractivity contribution in [2.24, 2.45) is 0 Å². The van der Waals surface area contributed by atoms with E-state index >= 15 is 0 Å². The highest BCUT2D eigenvalue weighted by atomic mass is 28.4. The van der Waals surface area contributed by atoms with Crippen LogP contribution in [-0.2, 0) is 25.9 Å². The van der Waals surface area contributed by atoms with Gasteiger partial charge in [-0.3, -0.25) is 0 Å². The molecule has 0 saturated heterocycles. The van der Waals surface area contributed by atoms with Crippen LogP contribution in [0.15, 0.2) is 24.3 Å². The first-order chi connectivity index (χ1) is 10.9. The van der Waals surface area contributed by atoms with E-state index in [2.05, 4.69) is 0 Å². The van der Waals surface area contributed by atoms with Gasteiger partial charge in [0.1, 0.15) is 0 Å². The summed E-state index contributed by atoms with van der Waals surface area (Å²) in [5, 5.41) is 0. The SMILES string of the molecule is CCO[Si](CCCc1cccc(C(F)(F)F)c1)(OCC)OCC. The number of alkyl halides is 3. The van der Waals surface area contributed by atoms with Gasteiger partial charge in [0.15, 0.2) is 0 Å². The summed E-state index contributed by atoms with van der Waals surface area (Å²) in [6.45, 7) is 7.13. The van der Waals surface area contributed by atoms with Crippen molar-refractivity contribution in [1.82, 2.24) is 0 Å². The Hall–Kier alpha value is -0.893. The highest BCUT2D eigenvalue weighted by molar-refractivity contribution is 6.60. The van der Waals surface area contributed by atoms with Crippen molar-refractivity contribution >= 4 is 8.80 Å². The van der Waals surface area contributed by atoms with Crippen molar-refractivity contribution < 1.29 is 26.4 Å². The van der Waals surface area contributed by atoms with Crippen LogP contribution >= 0.6 is 0 Å². The molecule has 0 bridgehead atoms. The minimum absolute atomic E-state index is 0.496. The van der Waals surface area contributed by atoms with E-state index in [4.69, 9.17) is 13.3 Å². The maximum absolute atomic E-state index is 12.7. The molecular formula is C16H25F3O3Si. The first-order valence-corrected chi connectivity index (χ1v) is 9.88. The molecule has 1 aromatic rings. The Morgan fingerprint density at radius 1 is 0.957 bits per heavy atom. The Balaban J connectivity index is 2.69. The molecule has 0 fully saturated rings. The van der Waals surface area contributed by atoms with Gasteiger partial charge in [0.2, 0.25) is 0 Å². The van der Waals surface area contributed by atoms with Gasteiger partial charge in [-0.1, -0.05) is 18.2 Å². The molecular weight excluding hydrogens is 325 g/mol. The minimum Gasteiger partial charge on any atom is -0.374 e. The predicted octanol–water partition coefficient (Wildman–Crippen LogP) is 4.69. The molecule has 0 aliphatic rings. The quantitative estimate of drug-likeness (QED) is 0.573. The Bertz CT molecular complexity index is 449. The summed E-state index contributed by atoms with van der Waals surface area (Å²) in [6, 6.07) is 6.03. The molecule has 0 N–H and O–H groups in total. The van der Waals surface area contributed by atoms with Crippen molar-refractivity contribution in [2.45, 2.75) is 45.8 Å². The van der Waals surface area contributed by atoms with Gasteiger partial charge in [0.05, 0.1) is 5.56 Å². The second-order valence-electron chi connectivity index (χ2n) is 5.03. The van der Waals surface area contributed by atoms with Crippen molar-refractivity contribution in [3.8, 4) is 0 Å². The molecule has 0 radical (unpaired) electrons. The average Bonchev–Trinajstić information content (AvgIpc) is 2.47.